The molecule has 3 heteroatoms. The number of hydrogen-bond acceptors (Lipinski definition) is 3. The summed E-state index contributed by atoms with van der Waals surface area (Å²) in [5.41, 5.74) is 5.34. The number of nitrogens with zero attached hydrogens (tertiary/aromatic N) is 2. The van der Waals surface area contributed by atoms with E-state index in [1.165, 1.54) is 30.3 Å². The molecule has 1 saturated carbocycles. The highest BCUT2D eigenvalue weighted by atomic mass is 14.7. The molecule has 0 saturated heterocycles. The van der Waals surface area contributed by atoms with E-state index in [0.717, 1.165) is 11.1 Å². The Morgan fingerprint density at radius 3 is 2.61 bits per heavy atom. The van der Waals surface area contributed by atoms with Crippen LogP contribution in [0.2, 0.25) is 0 Å². The monoisotopic (exact) mass is 237 g/mol. The Morgan fingerprint density at radius 2 is 2.06 bits per heavy atom. The summed E-state index contributed by atoms with van der Waals surface area (Å²) in [5.74, 6) is 0.691. The van der Waals surface area contributed by atoms with Gasteiger partial charge < -0.3 is 5.41 Å². The molecule has 0 aliphatic heterocycles. The third-order valence-corrected chi connectivity index (χ3v) is 3.37. The van der Waals surface area contributed by atoms with Crippen molar-refractivity contribution in [2.24, 2.45) is 0 Å². The largest absolute Gasteiger partial charge is 0.307 e. The highest BCUT2D eigenvalue weighted by Gasteiger charge is 2.25. The van der Waals surface area contributed by atoms with E-state index in [-0.39, 0.29) is 0 Å². The molecule has 3 nitrogen and oxygen atoms in total. The fourth-order valence-corrected chi connectivity index (χ4v) is 2.13. The zero-order chi connectivity index (χ0) is 12.5. The first kappa shape index (κ1) is 11.1. The zero-order valence-corrected chi connectivity index (χ0v) is 10.4. The molecule has 0 atom stereocenters. The van der Waals surface area contributed by atoms with Gasteiger partial charge in [0.25, 0.3) is 0 Å². The van der Waals surface area contributed by atoms with E-state index in [9.17, 15) is 0 Å². The second kappa shape index (κ2) is 4.33. The molecular weight excluding hydrogens is 222 g/mol. The Hall–Kier alpha value is -2.03. The van der Waals surface area contributed by atoms with Gasteiger partial charge in [0.15, 0.2) is 0 Å². The van der Waals surface area contributed by atoms with Gasteiger partial charge in [-0.05, 0) is 37.5 Å². The minimum atomic E-state index is 0.680. The summed E-state index contributed by atoms with van der Waals surface area (Å²) in [6.45, 7) is 2.12. The molecule has 1 aliphatic rings. The van der Waals surface area contributed by atoms with Gasteiger partial charge in [-0.2, -0.15) is 0 Å². The van der Waals surface area contributed by atoms with Crippen molar-refractivity contribution in [3.63, 3.8) is 0 Å². The van der Waals surface area contributed by atoms with Crippen LogP contribution in [0.3, 0.4) is 0 Å². The van der Waals surface area contributed by atoms with Crippen LogP contribution >= 0.6 is 0 Å². The summed E-state index contributed by atoms with van der Waals surface area (Å²) < 4.78 is 0. The van der Waals surface area contributed by atoms with Crippen molar-refractivity contribution in [2.45, 2.75) is 25.7 Å². The van der Waals surface area contributed by atoms with E-state index in [4.69, 9.17) is 5.41 Å². The van der Waals surface area contributed by atoms with Crippen LogP contribution in [0.4, 0.5) is 0 Å². The number of pyridine rings is 2. The van der Waals surface area contributed by atoms with Crippen LogP contribution < -0.4 is 0 Å². The Balaban J connectivity index is 1.97. The van der Waals surface area contributed by atoms with Crippen molar-refractivity contribution < 1.29 is 0 Å². The fraction of sp³-hybridized carbons (Fsp3) is 0.267. The van der Waals surface area contributed by atoms with Gasteiger partial charge in [0.05, 0.1) is 5.69 Å². The van der Waals surface area contributed by atoms with E-state index >= 15 is 0 Å². The minimum Gasteiger partial charge on any atom is -0.307 e. The molecule has 1 aliphatic carbocycles. The van der Waals surface area contributed by atoms with Crippen LogP contribution in [0.25, 0.3) is 11.1 Å². The lowest BCUT2D eigenvalue weighted by molar-refractivity contribution is 1.02. The standard InChI is InChI=1S/C15H15N3/c1-10-6-15(11-2-3-11)18-9-14(10)12-4-5-13(7-16)17-8-12/h4-9,11,16H,2-3H2,1H3. The normalized spacial score (nSPS) is 14.5. The number of aryl methyl sites for hydroxylation is 1. The summed E-state index contributed by atoms with van der Waals surface area (Å²) in [5, 5.41) is 7.14. The van der Waals surface area contributed by atoms with Gasteiger partial charge in [0.1, 0.15) is 0 Å². The van der Waals surface area contributed by atoms with E-state index < -0.39 is 0 Å². The second-order valence-corrected chi connectivity index (χ2v) is 4.81. The predicted molar refractivity (Wildman–Crippen MR) is 72.1 cm³/mol. The molecule has 2 heterocycles. The lowest BCUT2D eigenvalue weighted by Gasteiger charge is -2.07. The molecular formula is C15H15N3. The van der Waals surface area contributed by atoms with Gasteiger partial charge in [-0.3, -0.25) is 9.97 Å². The van der Waals surface area contributed by atoms with Gasteiger partial charge in [0.2, 0.25) is 0 Å². The van der Waals surface area contributed by atoms with Gasteiger partial charge in [-0.25, -0.2) is 0 Å². The first-order valence-electron chi connectivity index (χ1n) is 6.21. The minimum absolute atomic E-state index is 0.680. The molecule has 18 heavy (non-hydrogen) atoms. The summed E-state index contributed by atoms with van der Waals surface area (Å²) in [6.07, 6.45) is 7.57. The van der Waals surface area contributed by atoms with Crippen molar-refractivity contribution in [1.29, 1.82) is 5.41 Å². The molecule has 0 aromatic carbocycles. The van der Waals surface area contributed by atoms with Crippen molar-refractivity contribution in [3.8, 4) is 11.1 Å². The molecule has 0 amide bonds. The van der Waals surface area contributed by atoms with Crippen molar-refractivity contribution in [1.82, 2.24) is 9.97 Å². The average Bonchev–Trinajstić information content (AvgIpc) is 3.23. The van der Waals surface area contributed by atoms with Crippen molar-refractivity contribution in [3.05, 3.63) is 47.5 Å². The molecule has 0 radical (unpaired) electrons. The summed E-state index contributed by atoms with van der Waals surface area (Å²) in [7, 11) is 0. The number of rotatable bonds is 3. The van der Waals surface area contributed by atoms with Gasteiger partial charge in [-0.1, -0.05) is 6.07 Å². The smallest absolute Gasteiger partial charge is 0.0805 e. The highest BCUT2D eigenvalue weighted by Crippen LogP contribution is 2.39. The quantitative estimate of drug-likeness (QED) is 0.832. The maximum atomic E-state index is 7.14. The summed E-state index contributed by atoms with van der Waals surface area (Å²) in [6, 6.07) is 6.04. The van der Waals surface area contributed by atoms with Crippen molar-refractivity contribution in [2.75, 3.05) is 0 Å². The molecule has 1 N–H and O–H groups in total. The first-order valence-corrected chi connectivity index (χ1v) is 6.21. The Bertz CT molecular complexity index is 583. The number of nitrogens with one attached hydrogen (secondary N) is 1. The third kappa shape index (κ3) is 2.04. The molecule has 2 aromatic rings. The molecule has 2 aromatic heterocycles. The molecule has 90 valence electrons. The summed E-state index contributed by atoms with van der Waals surface area (Å²) >= 11 is 0. The van der Waals surface area contributed by atoms with E-state index in [1.807, 2.05) is 18.3 Å². The van der Waals surface area contributed by atoms with E-state index in [1.54, 1.807) is 6.20 Å². The third-order valence-electron chi connectivity index (χ3n) is 3.37. The lowest BCUT2D eigenvalue weighted by Crippen LogP contribution is -1.93. The SMILES string of the molecule is Cc1cc(C2CC2)ncc1-c1ccc(C=N)nc1. The highest BCUT2D eigenvalue weighted by molar-refractivity contribution is 5.75. The van der Waals surface area contributed by atoms with Crippen LogP contribution in [-0.4, -0.2) is 16.2 Å². The van der Waals surface area contributed by atoms with Gasteiger partial charge >= 0.3 is 0 Å². The predicted octanol–water partition coefficient (Wildman–Crippen LogP) is 3.33. The maximum Gasteiger partial charge on any atom is 0.0805 e. The Labute approximate surface area is 106 Å². The van der Waals surface area contributed by atoms with Gasteiger partial charge in [0, 0.05) is 41.3 Å². The van der Waals surface area contributed by atoms with Crippen molar-refractivity contribution >= 4 is 6.21 Å². The van der Waals surface area contributed by atoms with Crippen LogP contribution in [0.15, 0.2) is 30.6 Å². The van der Waals surface area contributed by atoms with Crippen LogP contribution in [-0.2, 0) is 0 Å². The molecule has 0 bridgehead atoms. The molecule has 3 rings (SSSR count). The van der Waals surface area contributed by atoms with E-state index in [0.29, 0.717) is 11.6 Å². The number of aromatic nitrogens is 2. The molecule has 0 unspecified atom stereocenters. The summed E-state index contributed by atoms with van der Waals surface area (Å²) in [4.78, 5) is 8.76. The number of hydrogen-bond donors (Lipinski definition) is 1. The molecule has 1 fully saturated rings. The van der Waals surface area contributed by atoms with Crippen LogP contribution in [0.5, 0.6) is 0 Å². The zero-order valence-electron chi connectivity index (χ0n) is 10.4. The van der Waals surface area contributed by atoms with Gasteiger partial charge in [-0.15, -0.1) is 0 Å². The average molecular weight is 237 g/mol. The Morgan fingerprint density at radius 1 is 1.22 bits per heavy atom. The lowest BCUT2D eigenvalue weighted by atomic mass is 10.0. The molecule has 0 spiro atoms. The maximum absolute atomic E-state index is 7.14. The van der Waals surface area contributed by atoms with E-state index in [2.05, 4.69) is 23.0 Å². The Kier molecular flexibility index (Phi) is 2.67. The van der Waals surface area contributed by atoms with Crippen LogP contribution in [0, 0.1) is 12.3 Å². The second-order valence-electron chi connectivity index (χ2n) is 4.81. The fourth-order valence-electron chi connectivity index (χ4n) is 2.13. The van der Waals surface area contributed by atoms with Crippen LogP contribution in [0.1, 0.15) is 35.7 Å². The first-order chi connectivity index (χ1) is 8.78. The topological polar surface area (TPSA) is 49.6 Å².